The van der Waals surface area contributed by atoms with E-state index in [2.05, 4.69) is 33.9 Å². The Morgan fingerprint density at radius 1 is 1.14 bits per heavy atom. The lowest BCUT2D eigenvalue weighted by Gasteiger charge is -2.27. The van der Waals surface area contributed by atoms with E-state index in [0.717, 1.165) is 5.92 Å². The normalized spacial score (nSPS) is 25.1. The molecule has 128 valence electrons. The third-order valence-electron chi connectivity index (χ3n) is 2.04. The first-order valence-corrected chi connectivity index (χ1v) is 7.04. The molecule has 2 rings (SSSR count). The summed E-state index contributed by atoms with van der Waals surface area (Å²) in [7, 11) is 1.56. The topological polar surface area (TPSA) is 85.5 Å². The van der Waals surface area contributed by atoms with Crippen molar-refractivity contribution in [3.63, 3.8) is 0 Å². The average Bonchev–Trinajstić information content (AvgIpc) is 2.81. The van der Waals surface area contributed by atoms with E-state index in [1.807, 2.05) is 13.8 Å². The second-order valence-electron chi connectivity index (χ2n) is 4.53. The lowest BCUT2D eigenvalue weighted by Crippen LogP contribution is -2.39. The van der Waals surface area contributed by atoms with E-state index in [4.69, 9.17) is 18.9 Å². The Labute approximate surface area is 128 Å². The van der Waals surface area contributed by atoms with Crippen molar-refractivity contribution in [3.05, 3.63) is 13.2 Å². The van der Waals surface area contributed by atoms with Crippen LogP contribution in [0, 0.1) is 5.92 Å². The summed E-state index contributed by atoms with van der Waals surface area (Å²) >= 11 is 0. The van der Waals surface area contributed by atoms with E-state index >= 15 is 0 Å². The molecule has 0 unspecified atom stereocenters. The van der Waals surface area contributed by atoms with E-state index in [1.165, 1.54) is 0 Å². The minimum absolute atomic E-state index is 0. The molecule has 0 aromatic heterocycles. The van der Waals surface area contributed by atoms with Crippen molar-refractivity contribution in [2.45, 2.75) is 59.5 Å². The molecule has 2 heterocycles. The van der Waals surface area contributed by atoms with Gasteiger partial charge in [0.2, 0.25) is 0 Å². The third-order valence-corrected chi connectivity index (χ3v) is 2.04. The predicted octanol–water partition coefficient (Wildman–Crippen LogP) is 2.95. The van der Waals surface area contributed by atoms with Gasteiger partial charge in [0.15, 0.2) is 12.4 Å². The molecule has 0 saturated carbocycles. The van der Waals surface area contributed by atoms with Crippen molar-refractivity contribution in [1.82, 2.24) is 0 Å². The molecule has 21 heavy (non-hydrogen) atoms. The van der Waals surface area contributed by atoms with Crippen molar-refractivity contribution in [2.75, 3.05) is 13.7 Å². The van der Waals surface area contributed by atoms with Crippen molar-refractivity contribution in [3.8, 4) is 0 Å². The van der Waals surface area contributed by atoms with Crippen LogP contribution >= 0.6 is 0 Å². The Kier molecular flexibility index (Phi) is 18.1. The fourth-order valence-electron chi connectivity index (χ4n) is 1.39. The van der Waals surface area contributed by atoms with E-state index < -0.39 is 6.16 Å². The molecular weight excluding hydrogens is 276 g/mol. The molecule has 2 saturated heterocycles. The first kappa shape index (κ1) is 24.9. The molecule has 0 spiro atoms. The van der Waals surface area contributed by atoms with Gasteiger partial charge in [-0.1, -0.05) is 34.6 Å². The molecule has 0 aromatic rings. The minimum atomic E-state index is -0.606. The van der Waals surface area contributed by atoms with Gasteiger partial charge in [-0.3, -0.25) is 0 Å². The van der Waals surface area contributed by atoms with Crippen molar-refractivity contribution in [2.24, 2.45) is 5.92 Å². The van der Waals surface area contributed by atoms with Gasteiger partial charge in [0.1, 0.15) is 6.10 Å². The summed E-state index contributed by atoms with van der Waals surface area (Å²) in [5.41, 5.74) is 0. The van der Waals surface area contributed by atoms with Gasteiger partial charge in [-0.25, -0.2) is 4.79 Å². The average molecular weight is 308 g/mol. The van der Waals surface area contributed by atoms with Crippen LogP contribution in [-0.4, -0.2) is 43.8 Å². The number of hydrogen-bond acceptors (Lipinski definition) is 5. The second kappa shape index (κ2) is 15.3. The Bertz CT molecular complexity index is 242. The zero-order valence-corrected chi connectivity index (χ0v) is 14.2. The van der Waals surface area contributed by atoms with E-state index in [-0.39, 0.29) is 24.0 Å². The van der Waals surface area contributed by atoms with Gasteiger partial charge in [0.05, 0.1) is 6.61 Å². The number of methoxy groups -OCH3 is 1. The summed E-state index contributed by atoms with van der Waals surface area (Å²) in [5, 5.41) is 0. The van der Waals surface area contributed by atoms with Gasteiger partial charge in [0, 0.05) is 13.5 Å². The lowest BCUT2D eigenvalue weighted by molar-refractivity contribution is -0.182. The quantitative estimate of drug-likeness (QED) is 0.549. The first-order valence-electron chi connectivity index (χ1n) is 7.04. The molecule has 2 fully saturated rings. The SMILES string of the molecule is C=C.CC.CC(C)C.CO[C@H]1C[C@H]2OC(=O)O[C@H]2CO1.O. The van der Waals surface area contributed by atoms with Crippen LogP contribution in [0.2, 0.25) is 0 Å². The summed E-state index contributed by atoms with van der Waals surface area (Å²) in [4.78, 5) is 10.7. The Hall–Kier alpha value is -1.11. The number of rotatable bonds is 1. The van der Waals surface area contributed by atoms with E-state index in [1.54, 1.807) is 7.11 Å². The van der Waals surface area contributed by atoms with Crippen LogP contribution in [0.1, 0.15) is 41.0 Å². The second-order valence-corrected chi connectivity index (χ2v) is 4.53. The van der Waals surface area contributed by atoms with Crippen LogP contribution in [-0.2, 0) is 18.9 Å². The smallest absolute Gasteiger partial charge is 0.427 e. The highest BCUT2D eigenvalue weighted by atomic mass is 16.8. The van der Waals surface area contributed by atoms with Gasteiger partial charge < -0.3 is 24.4 Å². The maximum absolute atomic E-state index is 10.7. The summed E-state index contributed by atoms with van der Waals surface area (Å²) in [6, 6.07) is 0. The van der Waals surface area contributed by atoms with Crippen LogP contribution < -0.4 is 0 Å². The Morgan fingerprint density at radius 3 is 2.00 bits per heavy atom. The van der Waals surface area contributed by atoms with E-state index in [0.29, 0.717) is 13.0 Å². The molecule has 0 aliphatic carbocycles. The van der Waals surface area contributed by atoms with Crippen LogP contribution in [0.3, 0.4) is 0 Å². The largest absolute Gasteiger partial charge is 0.509 e. The van der Waals surface area contributed by atoms with Gasteiger partial charge >= 0.3 is 6.16 Å². The zero-order valence-electron chi connectivity index (χ0n) is 14.2. The standard InChI is InChI=1S/C7H10O5.C4H10.C2H6.C2H4.H2O/c1-9-6-2-4-5(3-10-6)12-7(8)11-4;1-4(2)3;2*1-2;/h4-6H,2-3H2,1H3;4H,1-3H3;1-2H3;1-2H2;1H2/t4-,5+,6-;;;;/m1..../s1. The molecule has 0 amide bonds. The highest BCUT2D eigenvalue weighted by molar-refractivity contribution is 5.62. The highest BCUT2D eigenvalue weighted by Crippen LogP contribution is 2.25. The molecule has 0 aromatic carbocycles. The molecule has 6 heteroatoms. The van der Waals surface area contributed by atoms with Gasteiger partial charge in [-0.05, 0) is 5.92 Å². The molecule has 0 radical (unpaired) electrons. The summed E-state index contributed by atoms with van der Waals surface area (Å²) < 4.78 is 19.9. The Morgan fingerprint density at radius 2 is 1.57 bits per heavy atom. The molecule has 0 bridgehead atoms. The minimum Gasteiger partial charge on any atom is -0.427 e. The molecule has 2 N–H and O–H groups in total. The van der Waals surface area contributed by atoms with Crippen molar-refractivity contribution in [1.29, 1.82) is 0 Å². The molecular formula is C15H32O6. The first-order chi connectivity index (χ1) is 9.52. The van der Waals surface area contributed by atoms with Crippen LogP contribution in [0.25, 0.3) is 0 Å². The molecule has 2 aliphatic heterocycles. The fraction of sp³-hybridized carbons (Fsp3) is 0.800. The zero-order chi connectivity index (χ0) is 16.1. The fourth-order valence-corrected chi connectivity index (χ4v) is 1.39. The monoisotopic (exact) mass is 308 g/mol. The van der Waals surface area contributed by atoms with Crippen LogP contribution in [0.5, 0.6) is 0 Å². The maximum atomic E-state index is 10.7. The molecule has 6 nitrogen and oxygen atoms in total. The van der Waals surface area contributed by atoms with Crippen molar-refractivity contribution >= 4 is 6.16 Å². The number of carbonyl (C=O) groups excluding carboxylic acids is 1. The predicted molar refractivity (Wildman–Crippen MR) is 83.2 cm³/mol. The maximum Gasteiger partial charge on any atom is 0.509 e. The highest BCUT2D eigenvalue weighted by Gasteiger charge is 2.42. The number of fused-ring (bicyclic) bond motifs is 1. The Balaban J connectivity index is -0.000000311. The third kappa shape index (κ3) is 11.2. The van der Waals surface area contributed by atoms with Crippen molar-refractivity contribution < 1.29 is 29.2 Å². The summed E-state index contributed by atoms with van der Waals surface area (Å²) in [6.07, 6.45) is -0.779. The number of carbonyl (C=O) groups is 1. The van der Waals surface area contributed by atoms with Gasteiger partial charge in [-0.2, -0.15) is 0 Å². The van der Waals surface area contributed by atoms with E-state index in [9.17, 15) is 4.79 Å². The van der Waals surface area contributed by atoms with Crippen LogP contribution in [0.4, 0.5) is 4.79 Å². The molecule has 2 aliphatic rings. The van der Waals surface area contributed by atoms with Gasteiger partial charge in [-0.15, -0.1) is 13.2 Å². The summed E-state index contributed by atoms with van der Waals surface area (Å²) in [5.74, 6) is 0.833. The molecule has 3 atom stereocenters. The summed E-state index contributed by atoms with van der Waals surface area (Å²) in [6.45, 7) is 16.9. The van der Waals surface area contributed by atoms with Crippen LogP contribution in [0.15, 0.2) is 13.2 Å². The number of ether oxygens (including phenoxy) is 4. The number of hydrogen-bond donors (Lipinski definition) is 0. The lowest BCUT2D eigenvalue weighted by atomic mass is 10.1. The van der Waals surface area contributed by atoms with Gasteiger partial charge in [0.25, 0.3) is 0 Å².